The Morgan fingerprint density at radius 2 is 1.82 bits per heavy atom. The molecule has 0 aliphatic rings. The van der Waals surface area contributed by atoms with Crippen molar-refractivity contribution in [2.45, 2.75) is 39.0 Å². The van der Waals surface area contributed by atoms with Crippen molar-refractivity contribution in [2.75, 3.05) is 12.3 Å². The van der Waals surface area contributed by atoms with E-state index in [1.807, 2.05) is 21.6 Å². The fourth-order valence-corrected chi connectivity index (χ4v) is 2.50. The summed E-state index contributed by atoms with van der Waals surface area (Å²) in [5.74, 6) is 1.21. The van der Waals surface area contributed by atoms with E-state index in [1.54, 1.807) is 0 Å². The second kappa shape index (κ2) is 7.32. The minimum atomic E-state index is 0.625. The highest BCUT2D eigenvalue weighted by molar-refractivity contribution is 8.76. The van der Waals surface area contributed by atoms with Crippen LogP contribution in [-0.4, -0.2) is 23.6 Å². The summed E-state index contributed by atoms with van der Waals surface area (Å²) in [4.78, 5) is 0. The summed E-state index contributed by atoms with van der Waals surface area (Å²) in [6.07, 6.45) is 0. The van der Waals surface area contributed by atoms with Crippen LogP contribution in [0.15, 0.2) is 0 Å². The minimum Gasteiger partial charge on any atom is -0.314 e. The van der Waals surface area contributed by atoms with E-state index in [-0.39, 0.29) is 0 Å². The van der Waals surface area contributed by atoms with Gasteiger partial charge in [-0.3, -0.25) is 0 Å². The van der Waals surface area contributed by atoms with Crippen molar-refractivity contribution >= 4 is 21.6 Å². The summed E-state index contributed by atoms with van der Waals surface area (Å²) in [6.45, 7) is 9.95. The molecule has 0 aliphatic carbocycles. The lowest BCUT2D eigenvalue weighted by Gasteiger charge is -2.07. The molecule has 11 heavy (non-hydrogen) atoms. The lowest BCUT2D eigenvalue weighted by Crippen LogP contribution is -2.24. The Morgan fingerprint density at radius 1 is 1.18 bits per heavy atom. The van der Waals surface area contributed by atoms with Gasteiger partial charge in [-0.1, -0.05) is 49.3 Å². The Bertz CT molecular complexity index is 74.2. The summed E-state index contributed by atoms with van der Waals surface area (Å²) in [7, 11) is 3.92. The first-order valence-corrected chi connectivity index (χ1v) is 6.52. The van der Waals surface area contributed by atoms with Crippen LogP contribution in [0, 0.1) is 0 Å². The Morgan fingerprint density at radius 3 is 2.27 bits per heavy atom. The van der Waals surface area contributed by atoms with Crippen LogP contribution in [0.1, 0.15) is 27.7 Å². The highest BCUT2D eigenvalue weighted by atomic mass is 33.1. The number of hydrogen-bond donors (Lipinski definition) is 1. The van der Waals surface area contributed by atoms with E-state index in [9.17, 15) is 0 Å². The molecule has 0 saturated heterocycles. The number of nitrogens with one attached hydrogen (secondary N) is 1. The van der Waals surface area contributed by atoms with Gasteiger partial charge in [0.05, 0.1) is 0 Å². The Kier molecular flexibility index (Phi) is 7.76. The summed E-state index contributed by atoms with van der Waals surface area (Å²) in [5, 5.41) is 4.13. The van der Waals surface area contributed by atoms with Gasteiger partial charge in [-0.05, 0) is 0 Å². The van der Waals surface area contributed by atoms with E-state index >= 15 is 0 Å². The van der Waals surface area contributed by atoms with Crippen molar-refractivity contribution < 1.29 is 0 Å². The van der Waals surface area contributed by atoms with Crippen molar-refractivity contribution in [1.82, 2.24) is 5.32 Å². The van der Waals surface area contributed by atoms with Gasteiger partial charge in [0.2, 0.25) is 0 Å². The zero-order chi connectivity index (χ0) is 8.69. The first-order chi connectivity index (χ1) is 5.13. The van der Waals surface area contributed by atoms with Crippen LogP contribution >= 0.6 is 21.6 Å². The molecule has 0 aromatic rings. The Hall–Kier alpha value is 0.660. The molecule has 0 rings (SSSR count). The standard InChI is InChI=1S/C8H19NS2/c1-7(2)9-5-6-10-11-8(3)4/h7-9H,5-6H2,1-4H3. The summed E-state index contributed by atoms with van der Waals surface area (Å²) < 4.78 is 0. The van der Waals surface area contributed by atoms with Crippen molar-refractivity contribution in [3.8, 4) is 0 Å². The third kappa shape index (κ3) is 10.7. The molecule has 3 heteroatoms. The number of hydrogen-bond acceptors (Lipinski definition) is 3. The second-order valence-corrected chi connectivity index (χ2v) is 6.14. The van der Waals surface area contributed by atoms with Gasteiger partial charge in [0.15, 0.2) is 0 Å². The Labute approximate surface area is 78.5 Å². The fraction of sp³-hybridized carbons (Fsp3) is 1.00. The summed E-state index contributed by atoms with van der Waals surface area (Å²) >= 11 is 0. The van der Waals surface area contributed by atoms with Gasteiger partial charge >= 0.3 is 0 Å². The van der Waals surface area contributed by atoms with Crippen LogP contribution in [0.2, 0.25) is 0 Å². The molecule has 0 radical (unpaired) electrons. The van der Waals surface area contributed by atoms with Gasteiger partial charge in [-0.15, -0.1) is 0 Å². The second-order valence-electron chi connectivity index (χ2n) is 3.08. The molecule has 0 amide bonds. The van der Waals surface area contributed by atoms with E-state index in [1.165, 1.54) is 5.75 Å². The maximum atomic E-state index is 3.39. The van der Waals surface area contributed by atoms with Gasteiger partial charge in [0.25, 0.3) is 0 Å². The van der Waals surface area contributed by atoms with E-state index in [2.05, 4.69) is 33.0 Å². The van der Waals surface area contributed by atoms with Crippen LogP contribution in [0.3, 0.4) is 0 Å². The molecule has 1 nitrogen and oxygen atoms in total. The third-order valence-corrected chi connectivity index (χ3v) is 3.95. The first-order valence-electron chi connectivity index (χ1n) is 4.14. The lowest BCUT2D eigenvalue weighted by molar-refractivity contribution is 0.616. The van der Waals surface area contributed by atoms with Crippen LogP contribution in [0.4, 0.5) is 0 Å². The monoisotopic (exact) mass is 193 g/mol. The van der Waals surface area contributed by atoms with Crippen LogP contribution in [0.5, 0.6) is 0 Å². The van der Waals surface area contributed by atoms with Crippen LogP contribution in [-0.2, 0) is 0 Å². The van der Waals surface area contributed by atoms with Gasteiger partial charge < -0.3 is 5.32 Å². The summed E-state index contributed by atoms with van der Waals surface area (Å²) in [5.41, 5.74) is 0. The van der Waals surface area contributed by atoms with Gasteiger partial charge in [-0.25, -0.2) is 0 Å². The van der Waals surface area contributed by atoms with Crippen molar-refractivity contribution in [1.29, 1.82) is 0 Å². The van der Waals surface area contributed by atoms with E-state index < -0.39 is 0 Å². The normalized spacial score (nSPS) is 11.5. The highest BCUT2D eigenvalue weighted by Gasteiger charge is 1.95. The maximum Gasteiger partial charge on any atom is 0.0163 e. The molecular formula is C8H19NS2. The van der Waals surface area contributed by atoms with E-state index in [4.69, 9.17) is 0 Å². The van der Waals surface area contributed by atoms with Crippen molar-refractivity contribution in [3.63, 3.8) is 0 Å². The average Bonchev–Trinajstić information content (AvgIpc) is 1.85. The van der Waals surface area contributed by atoms with Crippen molar-refractivity contribution in [2.24, 2.45) is 0 Å². The zero-order valence-corrected chi connectivity index (χ0v) is 9.52. The smallest absolute Gasteiger partial charge is 0.0163 e. The van der Waals surface area contributed by atoms with Gasteiger partial charge in [-0.2, -0.15) is 0 Å². The topological polar surface area (TPSA) is 12.0 Å². The molecule has 0 atom stereocenters. The Balaban J connectivity index is 2.91. The molecule has 0 unspecified atom stereocenters. The predicted octanol–water partition coefficient (Wildman–Crippen LogP) is 2.77. The minimum absolute atomic E-state index is 0.625. The maximum absolute atomic E-state index is 3.39. The van der Waals surface area contributed by atoms with Gasteiger partial charge in [0.1, 0.15) is 0 Å². The van der Waals surface area contributed by atoms with Crippen LogP contribution < -0.4 is 5.32 Å². The molecule has 0 heterocycles. The molecule has 0 aromatic heterocycles. The molecule has 0 saturated carbocycles. The highest BCUT2D eigenvalue weighted by Crippen LogP contribution is 2.25. The van der Waals surface area contributed by atoms with E-state index in [0.717, 1.165) is 11.8 Å². The van der Waals surface area contributed by atoms with Crippen LogP contribution in [0.25, 0.3) is 0 Å². The number of rotatable bonds is 6. The molecule has 1 N–H and O–H groups in total. The molecule has 0 spiro atoms. The third-order valence-electron chi connectivity index (χ3n) is 0.998. The largest absolute Gasteiger partial charge is 0.314 e. The molecule has 0 bridgehead atoms. The average molecular weight is 193 g/mol. The quantitative estimate of drug-likeness (QED) is 0.514. The zero-order valence-electron chi connectivity index (χ0n) is 7.89. The van der Waals surface area contributed by atoms with Gasteiger partial charge in [0, 0.05) is 23.6 Å². The SMILES string of the molecule is CC(C)NCCSSC(C)C. The molecule has 0 aliphatic heterocycles. The first kappa shape index (κ1) is 11.7. The molecule has 68 valence electrons. The molecule has 0 fully saturated rings. The molecular weight excluding hydrogens is 174 g/mol. The summed E-state index contributed by atoms with van der Waals surface area (Å²) in [6, 6.07) is 0.625. The fourth-order valence-electron chi connectivity index (χ4n) is 0.573. The lowest BCUT2D eigenvalue weighted by atomic mass is 10.4. The molecule has 0 aromatic carbocycles. The van der Waals surface area contributed by atoms with Crippen molar-refractivity contribution in [3.05, 3.63) is 0 Å². The predicted molar refractivity (Wildman–Crippen MR) is 58.3 cm³/mol. The van der Waals surface area contributed by atoms with E-state index in [0.29, 0.717) is 6.04 Å².